The molecule has 0 saturated heterocycles. The van der Waals surface area contributed by atoms with Gasteiger partial charge in [0, 0.05) is 24.9 Å². The molecule has 1 aliphatic carbocycles. The molecule has 0 spiro atoms. The van der Waals surface area contributed by atoms with Crippen molar-refractivity contribution in [3.8, 4) is 11.1 Å². The SMILES string of the molecule is CCC[C@H](CC(=O)O)NC(=O)CC(C)CNC(=O)OCC1c2ccccc2-c2ccccc21. The van der Waals surface area contributed by atoms with Crippen LogP contribution in [0.4, 0.5) is 4.79 Å². The summed E-state index contributed by atoms with van der Waals surface area (Å²) in [6.07, 6.45) is 0.996. The molecule has 0 heterocycles. The highest BCUT2D eigenvalue weighted by atomic mass is 16.5. The van der Waals surface area contributed by atoms with Gasteiger partial charge in [-0.15, -0.1) is 0 Å². The van der Waals surface area contributed by atoms with Gasteiger partial charge in [0.25, 0.3) is 0 Å². The number of nitrogens with one attached hydrogen (secondary N) is 2. The van der Waals surface area contributed by atoms with Gasteiger partial charge in [-0.3, -0.25) is 9.59 Å². The largest absolute Gasteiger partial charge is 0.481 e. The van der Waals surface area contributed by atoms with Crippen molar-refractivity contribution < 1.29 is 24.2 Å². The van der Waals surface area contributed by atoms with Crippen LogP contribution in [0.3, 0.4) is 0 Å². The van der Waals surface area contributed by atoms with Crippen molar-refractivity contribution in [3.63, 3.8) is 0 Å². The summed E-state index contributed by atoms with van der Waals surface area (Å²) in [4.78, 5) is 35.5. The normalized spacial score (nSPS) is 14.0. The number of aliphatic carboxylic acids is 1. The van der Waals surface area contributed by atoms with E-state index in [0.29, 0.717) is 13.0 Å². The highest BCUT2D eigenvalue weighted by Gasteiger charge is 2.29. The zero-order valence-electron chi connectivity index (χ0n) is 19.2. The van der Waals surface area contributed by atoms with Gasteiger partial charge in [0.1, 0.15) is 6.61 Å². The third-order valence-corrected chi connectivity index (χ3v) is 5.90. The second-order valence-electron chi connectivity index (χ2n) is 8.67. The van der Waals surface area contributed by atoms with Crippen LogP contribution in [0.25, 0.3) is 11.1 Å². The van der Waals surface area contributed by atoms with Crippen LogP contribution in [0.15, 0.2) is 48.5 Å². The molecule has 0 fully saturated rings. The molecule has 0 saturated carbocycles. The summed E-state index contributed by atoms with van der Waals surface area (Å²) >= 11 is 0. The topological polar surface area (TPSA) is 105 Å². The number of carbonyl (C=O) groups excluding carboxylic acids is 2. The second kappa shape index (κ2) is 11.5. The minimum absolute atomic E-state index is 0.00362. The van der Waals surface area contributed by atoms with E-state index in [4.69, 9.17) is 9.84 Å². The summed E-state index contributed by atoms with van der Waals surface area (Å²) in [7, 11) is 0. The molecular formula is C26H32N2O5. The molecule has 3 rings (SSSR count). The summed E-state index contributed by atoms with van der Waals surface area (Å²) < 4.78 is 5.52. The summed E-state index contributed by atoms with van der Waals surface area (Å²) in [5, 5.41) is 14.5. The number of carbonyl (C=O) groups is 3. The van der Waals surface area contributed by atoms with E-state index in [1.54, 1.807) is 0 Å². The summed E-state index contributed by atoms with van der Waals surface area (Å²) in [6, 6.07) is 15.9. The van der Waals surface area contributed by atoms with Crippen LogP contribution in [-0.4, -0.2) is 42.3 Å². The van der Waals surface area contributed by atoms with Crippen LogP contribution >= 0.6 is 0 Å². The van der Waals surface area contributed by atoms with Crippen molar-refractivity contribution in [3.05, 3.63) is 59.7 Å². The van der Waals surface area contributed by atoms with E-state index in [1.165, 1.54) is 11.1 Å². The van der Waals surface area contributed by atoms with Crippen LogP contribution in [0.2, 0.25) is 0 Å². The Hall–Kier alpha value is -3.35. The summed E-state index contributed by atoms with van der Waals surface area (Å²) in [5.41, 5.74) is 4.65. The van der Waals surface area contributed by atoms with Crippen molar-refractivity contribution in [2.75, 3.05) is 13.2 Å². The van der Waals surface area contributed by atoms with E-state index >= 15 is 0 Å². The second-order valence-corrected chi connectivity index (χ2v) is 8.67. The minimum Gasteiger partial charge on any atom is -0.481 e. The maximum atomic E-state index is 12.3. The molecule has 2 atom stereocenters. The Kier molecular flexibility index (Phi) is 8.46. The van der Waals surface area contributed by atoms with Crippen molar-refractivity contribution in [2.24, 2.45) is 5.92 Å². The van der Waals surface area contributed by atoms with Crippen molar-refractivity contribution in [1.29, 1.82) is 0 Å². The van der Waals surface area contributed by atoms with Crippen molar-refractivity contribution in [1.82, 2.24) is 10.6 Å². The molecule has 0 aromatic heterocycles. The number of alkyl carbamates (subject to hydrolysis) is 1. The Morgan fingerprint density at radius 1 is 1.00 bits per heavy atom. The quantitative estimate of drug-likeness (QED) is 0.471. The number of amides is 2. The average molecular weight is 453 g/mol. The zero-order valence-corrected chi connectivity index (χ0v) is 19.2. The number of benzene rings is 2. The van der Waals surface area contributed by atoms with E-state index in [1.807, 2.05) is 38.1 Å². The van der Waals surface area contributed by atoms with Gasteiger partial charge in [0.2, 0.25) is 5.91 Å². The molecule has 7 heteroatoms. The van der Waals surface area contributed by atoms with Crippen LogP contribution in [0, 0.1) is 5.92 Å². The van der Waals surface area contributed by atoms with Crippen LogP contribution in [0.5, 0.6) is 0 Å². The van der Waals surface area contributed by atoms with Gasteiger partial charge < -0.3 is 20.5 Å². The van der Waals surface area contributed by atoms with Gasteiger partial charge >= 0.3 is 12.1 Å². The lowest BCUT2D eigenvalue weighted by Gasteiger charge is -2.18. The van der Waals surface area contributed by atoms with E-state index < -0.39 is 12.1 Å². The molecule has 0 aliphatic heterocycles. The van der Waals surface area contributed by atoms with Crippen LogP contribution < -0.4 is 10.6 Å². The van der Waals surface area contributed by atoms with Gasteiger partial charge in [0.15, 0.2) is 0 Å². The Bertz CT molecular complexity index is 945. The van der Waals surface area contributed by atoms with E-state index in [-0.39, 0.29) is 43.2 Å². The number of rotatable bonds is 11. The van der Waals surface area contributed by atoms with Gasteiger partial charge in [-0.2, -0.15) is 0 Å². The van der Waals surface area contributed by atoms with Gasteiger partial charge in [0.05, 0.1) is 6.42 Å². The molecule has 2 aromatic rings. The fraction of sp³-hybridized carbons (Fsp3) is 0.423. The molecule has 33 heavy (non-hydrogen) atoms. The Morgan fingerprint density at radius 3 is 2.18 bits per heavy atom. The van der Waals surface area contributed by atoms with Gasteiger partial charge in [-0.25, -0.2) is 4.79 Å². The maximum Gasteiger partial charge on any atom is 0.407 e. The molecule has 2 amide bonds. The minimum atomic E-state index is -0.932. The van der Waals surface area contributed by atoms with E-state index in [9.17, 15) is 14.4 Å². The lowest BCUT2D eigenvalue weighted by molar-refractivity contribution is -0.137. The molecule has 7 nitrogen and oxygen atoms in total. The Morgan fingerprint density at radius 2 is 1.61 bits per heavy atom. The van der Waals surface area contributed by atoms with Crippen LogP contribution in [0.1, 0.15) is 56.6 Å². The Balaban J connectivity index is 1.45. The molecule has 1 unspecified atom stereocenters. The van der Waals surface area contributed by atoms with Gasteiger partial charge in [-0.1, -0.05) is 68.8 Å². The standard InChI is InChI=1S/C26H32N2O5/c1-3-8-18(14-25(30)31)28-24(29)13-17(2)15-27-26(32)33-16-23-21-11-6-4-9-19(21)20-10-5-7-12-22(20)23/h4-7,9-12,17-18,23H,3,8,13-16H2,1-2H3,(H,27,32)(H,28,29)(H,30,31)/t17?,18-/m1/s1. The predicted octanol–water partition coefficient (Wildman–Crippen LogP) is 4.31. The molecular weight excluding hydrogens is 420 g/mol. The average Bonchev–Trinajstić information content (AvgIpc) is 3.09. The summed E-state index contributed by atoms with van der Waals surface area (Å²) in [5.74, 6) is -1.26. The van der Waals surface area contributed by atoms with Crippen molar-refractivity contribution >= 4 is 18.0 Å². The number of hydrogen-bond acceptors (Lipinski definition) is 4. The lowest BCUT2D eigenvalue weighted by atomic mass is 9.98. The summed E-state index contributed by atoms with van der Waals surface area (Å²) in [6.45, 7) is 4.33. The lowest BCUT2D eigenvalue weighted by Crippen LogP contribution is -2.38. The molecule has 176 valence electrons. The first-order valence-electron chi connectivity index (χ1n) is 11.5. The molecule has 3 N–H and O–H groups in total. The first-order valence-corrected chi connectivity index (χ1v) is 11.5. The van der Waals surface area contributed by atoms with E-state index in [2.05, 4.69) is 34.9 Å². The molecule has 0 bridgehead atoms. The highest BCUT2D eigenvalue weighted by Crippen LogP contribution is 2.44. The van der Waals surface area contributed by atoms with Crippen LogP contribution in [-0.2, 0) is 14.3 Å². The van der Waals surface area contributed by atoms with E-state index in [0.717, 1.165) is 17.5 Å². The van der Waals surface area contributed by atoms with Crippen molar-refractivity contribution in [2.45, 2.75) is 51.5 Å². The first kappa shape index (κ1) is 24.3. The number of carboxylic acids is 1. The fourth-order valence-corrected chi connectivity index (χ4v) is 4.37. The number of hydrogen-bond donors (Lipinski definition) is 3. The third-order valence-electron chi connectivity index (χ3n) is 5.90. The highest BCUT2D eigenvalue weighted by molar-refractivity contribution is 5.79. The fourth-order valence-electron chi connectivity index (χ4n) is 4.37. The monoisotopic (exact) mass is 452 g/mol. The maximum absolute atomic E-state index is 12.3. The van der Waals surface area contributed by atoms with Gasteiger partial charge in [-0.05, 0) is 34.6 Å². The zero-order chi connectivity index (χ0) is 23.8. The number of carboxylic acid groups (broad SMARTS) is 1. The molecule has 0 radical (unpaired) electrons. The number of ether oxygens (including phenoxy) is 1. The first-order chi connectivity index (χ1) is 15.9. The Labute approximate surface area is 194 Å². The molecule has 2 aromatic carbocycles. The predicted molar refractivity (Wildman–Crippen MR) is 126 cm³/mol. The smallest absolute Gasteiger partial charge is 0.407 e. The number of fused-ring (bicyclic) bond motifs is 3. The third kappa shape index (κ3) is 6.57. The molecule has 1 aliphatic rings.